The minimum Gasteiger partial charge on any atom is -0.386 e. The molecular weight excluding hydrogens is 342 g/mol. The molecule has 132 valence electrons. The molecule has 0 aliphatic carbocycles. The average Bonchev–Trinajstić information content (AvgIpc) is 3.19. The van der Waals surface area contributed by atoms with E-state index in [2.05, 4.69) is 11.1 Å². The van der Waals surface area contributed by atoms with Gasteiger partial charge in [-0.25, -0.2) is 4.98 Å². The Labute approximate surface area is 149 Å². The third-order valence-corrected chi connectivity index (χ3v) is 5.14. The summed E-state index contributed by atoms with van der Waals surface area (Å²) < 4.78 is 11.3. The van der Waals surface area contributed by atoms with Gasteiger partial charge in [-0.15, -0.1) is 11.3 Å². The number of carbonyl (C=O) groups excluding carboxylic acids is 1. The topological polar surface area (TPSA) is 95.7 Å². The van der Waals surface area contributed by atoms with Crippen LogP contribution in [-0.4, -0.2) is 42.5 Å². The molecule has 1 aromatic heterocycles. The zero-order chi connectivity index (χ0) is 17.8. The third-order valence-electron chi connectivity index (χ3n) is 4.02. The highest BCUT2D eigenvalue weighted by molar-refractivity contribution is 7.18. The maximum atomic E-state index is 12.3. The predicted octanol–water partition coefficient (Wildman–Crippen LogP) is 2.36. The molecule has 2 unspecified atom stereocenters. The second-order valence-corrected chi connectivity index (χ2v) is 6.84. The molecule has 1 aliphatic heterocycles. The number of hydrogen-bond acceptors (Lipinski definition) is 7. The van der Waals surface area contributed by atoms with Crippen LogP contribution in [0.5, 0.6) is 0 Å². The first-order chi connectivity index (χ1) is 12.1. The highest BCUT2D eigenvalue weighted by atomic mass is 32.1. The molecule has 0 saturated carbocycles. The number of aromatic nitrogens is 1. The lowest BCUT2D eigenvalue weighted by molar-refractivity contribution is -0.124. The number of benzene rings is 1. The van der Waals surface area contributed by atoms with Gasteiger partial charge in [0.15, 0.2) is 6.10 Å². The summed E-state index contributed by atoms with van der Waals surface area (Å²) in [6.07, 6.45) is 0.333. The van der Waals surface area contributed by atoms with Crippen LogP contribution in [0.3, 0.4) is 0 Å². The number of unbranched alkanes of at least 4 members (excludes halogenated alkanes) is 1. The normalized spacial score (nSPS) is 18.7. The Morgan fingerprint density at radius 3 is 3.20 bits per heavy atom. The number of rotatable bonds is 7. The number of amides is 1. The number of anilines is 1. The number of nitrogens with zero attached hydrogens (tertiary/aromatic N) is 3. The zero-order valence-corrected chi connectivity index (χ0v) is 14.7. The van der Waals surface area contributed by atoms with Crippen LogP contribution < -0.4 is 4.90 Å². The van der Waals surface area contributed by atoms with Crippen LogP contribution in [0.15, 0.2) is 18.2 Å². The van der Waals surface area contributed by atoms with E-state index in [9.17, 15) is 9.90 Å². The fourth-order valence-corrected chi connectivity index (χ4v) is 3.71. The number of carbonyl (C=O) groups is 1. The van der Waals surface area contributed by atoms with E-state index in [1.54, 1.807) is 4.90 Å². The van der Waals surface area contributed by atoms with E-state index in [-0.39, 0.29) is 19.2 Å². The molecule has 0 bridgehead atoms. The summed E-state index contributed by atoms with van der Waals surface area (Å²) in [4.78, 5) is 18.4. The van der Waals surface area contributed by atoms with Crippen LogP contribution in [0, 0.1) is 11.3 Å². The first-order valence-electron chi connectivity index (χ1n) is 8.01. The number of nitriles is 1. The molecule has 7 nitrogen and oxygen atoms in total. The lowest BCUT2D eigenvalue weighted by atomic mass is 10.2. The summed E-state index contributed by atoms with van der Waals surface area (Å²) in [6, 6.07) is 7.61. The van der Waals surface area contributed by atoms with Gasteiger partial charge in [-0.1, -0.05) is 0 Å². The van der Waals surface area contributed by atoms with E-state index >= 15 is 0 Å². The van der Waals surface area contributed by atoms with E-state index in [4.69, 9.17) is 14.7 Å². The van der Waals surface area contributed by atoms with Gasteiger partial charge in [-0.3, -0.25) is 9.69 Å². The van der Waals surface area contributed by atoms with Crippen LogP contribution in [0.2, 0.25) is 0 Å². The van der Waals surface area contributed by atoms with Gasteiger partial charge in [0.05, 0.1) is 22.9 Å². The fraction of sp³-hybridized carbons (Fsp3) is 0.471. The predicted molar refractivity (Wildman–Crippen MR) is 93.1 cm³/mol. The number of thiazole rings is 1. The smallest absolute Gasteiger partial charge is 0.260 e. The molecule has 0 spiro atoms. The highest BCUT2D eigenvalue weighted by Gasteiger charge is 2.33. The Balaban J connectivity index is 1.77. The van der Waals surface area contributed by atoms with Crippen LogP contribution in [0.1, 0.15) is 30.4 Å². The third kappa shape index (κ3) is 3.80. The molecule has 2 aromatic rings. The SMILES string of the molecule is COCC1OCN(c2ccc3nc(C(O)CCCC#N)sc3c2)C1=O. The van der Waals surface area contributed by atoms with Crippen molar-refractivity contribution < 1.29 is 19.4 Å². The molecule has 1 fully saturated rings. The summed E-state index contributed by atoms with van der Waals surface area (Å²) in [5.41, 5.74) is 1.52. The summed E-state index contributed by atoms with van der Waals surface area (Å²) in [7, 11) is 1.53. The largest absolute Gasteiger partial charge is 0.386 e. The van der Waals surface area contributed by atoms with Crippen molar-refractivity contribution in [2.75, 3.05) is 25.3 Å². The van der Waals surface area contributed by atoms with Gasteiger partial charge in [0.1, 0.15) is 17.8 Å². The average molecular weight is 361 g/mol. The molecule has 2 atom stereocenters. The van der Waals surface area contributed by atoms with Gasteiger partial charge >= 0.3 is 0 Å². The number of aliphatic hydroxyl groups is 1. The van der Waals surface area contributed by atoms with E-state index < -0.39 is 12.2 Å². The lowest BCUT2D eigenvalue weighted by Crippen LogP contribution is -2.31. The molecule has 1 aromatic carbocycles. The molecule has 1 aliphatic rings. The summed E-state index contributed by atoms with van der Waals surface area (Å²) in [6.45, 7) is 0.429. The summed E-state index contributed by atoms with van der Waals surface area (Å²) in [5.74, 6) is -0.123. The number of hydrogen-bond donors (Lipinski definition) is 1. The van der Waals surface area contributed by atoms with Crippen molar-refractivity contribution in [3.63, 3.8) is 0 Å². The van der Waals surface area contributed by atoms with Gasteiger partial charge in [0.2, 0.25) is 0 Å². The van der Waals surface area contributed by atoms with Crippen LogP contribution in [0.25, 0.3) is 10.2 Å². The molecule has 8 heteroatoms. The Hall–Kier alpha value is -2.05. The van der Waals surface area contributed by atoms with E-state index in [0.717, 1.165) is 15.9 Å². The Bertz CT molecular complexity index is 801. The molecule has 1 N–H and O–H groups in total. The molecule has 0 radical (unpaired) electrons. The van der Waals surface area contributed by atoms with Gasteiger partial charge < -0.3 is 14.6 Å². The fourth-order valence-electron chi connectivity index (χ4n) is 2.69. The van der Waals surface area contributed by atoms with Crippen molar-refractivity contribution in [3.8, 4) is 6.07 Å². The van der Waals surface area contributed by atoms with E-state index in [1.165, 1.54) is 18.4 Å². The minimum atomic E-state index is -0.669. The van der Waals surface area contributed by atoms with Crippen LogP contribution >= 0.6 is 11.3 Å². The zero-order valence-electron chi connectivity index (χ0n) is 13.8. The van der Waals surface area contributed by atoms with Crippen molar-refractivity contribution in [1.29, 1.82) is 5.26 Å². The van der Waals surface area contributed by atoms with Gasteiger partial charge in [-0.05, 0) is 31.0 Å². The highest BCUT2D eigenvalue weighted by Crippen LogP contribution is 2.32. The Morgan fingerprint density at radius 1 is 1.60 bits per heavy atom. The van der Waals surface area contributed by atoms with Gasteiger partial charge in [0, 0.05) is 19.2 Å². The number of ether oxygens (including phenoxy) is 2. The summed E-state index contributed by atoms with van der Waals surface area (Å²) >= 11 is 1.40. The maximum Gasteiger partial charge on any atom is 0.260 e. The molecule has 1 saturated heterocycles. The molecular formula is C17H19N3O4S. The van der Waals surface area contributed by atoms with E-state index in [1.807, 2.05) is 18.2 Å². The second-order valence-electron chi connectivity index (χ2n) is 5.78. The van der Waals surface area contributed by atoms with Gasteiger partial charge in [-0.2, -0.15) is 5.26 Å². The van der Waals surface area contributed by atoms with Crippen molar-refractivity contribution in [1.82, 2.24) is 4.98 Å². The van der Waals surface area contributed by atoms with Crippen LogP contribution in [-0.2, 0) is 14.3 Å². The van der Waals surface area contributed by atoms with E-state index in [0.29, 0.717) is 24.3 Å². The lowest BCUT2D eigenvalue weighted by Gasteiger charge is -2.14. The first-order valence-corrected chi connectivity index (χ1v) is 8.83. The molecule has 2 heterocycles. The number of aliphatic hydroxyl groups excluding tert-OH is 1. The van der Waals surface area contributed by atoms with Crippen molar-refractivity contribution in [2.45, 2.75) is 31.5 Å². The van der Waals surface area contributed by atoms with Crippen molar-refractivity contribution in [2.24, 2.45) is 0 Å². The molecule has 3 rings (SSSR count). The van der Waals surface area contributed by atoms with Gasteiger partial charge in [0.25, 0.3) is 5.91 Å². The summed E-state index contributed by atoms with van der Waals surface area (Å²) in [5, 5.41) is 19.4. The number of fused-ring (bicyclic) bond motifs is 1. The van der Waals surface area contributed by atoms with Crippen molar-refractivity contribution >= 4 is 33.1 Å². The Morgan fingerprint density at radius 2 is 2.44 bits per heavy atom. The Kier molecular flexibility index (Phi) is 5.60. The van der Waals surface area contributed by atoms with Crippen molar-refractivity contribution in [3.05, 3.63) is 23.2 Å². The quantitative estimate of drug-likeness (QED) is 0.761. The standard InChI is InChI=1S/C17H19N3O4S/c1-23-9-14-17(22)20(10-24-14)11-5-6-12-15(8-11)25-16(19-12)13(21)4-2-3-7-18/h5-6,8,13-14,21H,2-4,9-10H2,1H3. The monoisotopic (exact) mass is 361 g/mol. The molecule has 25 heavy (non-hydrogen) atoms. The number of methoxy groups -OCH3 is 1. The second kappa shape index (κ2) is 7.89. The molecule has 1 amide bonds. The minimum absolute atomic E-state index is 0.123. The maximum absolute atomic E-state index is 12.3. The van der Waals surface area contributed by atoms with Crippen LogP contribution in [0.4, 0.5) is 5.69 Å². The first kappa shape index (κ1) is 17.8.